The minimum atomic E-state index is 0.509. The molecule has 0 spiro atoms. The van der Waals surface area contributed by atoms with Gasteiger partial charge in [-0.15, -0.1) is 0 Å². The van der Waals surface area contributed by atoms with Crippen LogP contribution in [0.1, 0.15) is 5.56 Å². The summed E-state index contributed by atoms with van der Waals surface area (Å²) in [7, 11) is 0. The van der Waals surface area contributed by atoms with E-state index in [0.717, 1.165) is 16.7 Å². The van der Waals surface area contributed by atoms with Gasteiger partial charge in [0.1, 0.15) is 0 Å². The zero-order chi connectivity index (χ0) is 13.3. The Balaban J connectivity index is 2.59. The van der Waals surface area contributed by atoms with Crippen molar-refractivity contribution in [1.82, 2.24) is 0 Å². The van der Waals surface area contributed by atoms with E-state index in [9.17, 15) is 0 Å². The maximum atomic E-state index is 6.17. The molecule has 0 saturated carbocycles. The minimum Gasteiger partial charge on any atom is -0.0876 e. The Morgan fingerprint density at radius 1 is 0.833 bits per heavy atom. The van der Waals surface area contributed by atoms with E-state index in [4.69, 9.17) is 46.4 Å². The molecule has 0 aromatic heterocycles. The van der Waals surface area contributed by atoms with E-state index in [2.05, 4.69) is 15.9 Å². The molecule has 0 unspecified atom stereocenters. The van der Waals surface area contributed by atoms with Gasteiger partial charge in [0.25, 0.3) is 0 Å². The normalized spacial score (nSPS) is 10.7. The smallest absolute Gasteiger partial charge is 0.0514 e. The van der Waals surface area contributed by atoms with Crippen LogP contribution < -0.4 is 0 Å². The highest BCUT2D eigenvalue weighted by Crippen LogP contribution is 2.38. The summed E-state index contributed by atoms with van der Waals surface area (Å²) in [4.78, 5) is 0. The summed E-state index contributed by atoms with van der Waals surface area (Å²) in [5.74, 6) is 0. The Morgan fingerprint density at radius 3 is 1.94 bits per heavy atom. The topological polar surface area (TPSA) is 0 Å². The van der Waals surface area contributed by atoms with Crippen LogP contribution in [0.3, 0.4) is 0 Å². The van der Waals surface area contributed by atoms with Crippen LogP contribution in [-0.2, 0) is 5.33 Å². The van der Waals surface area contributed by atoms with Crippen LogP contribution in [0.5, 0.6) is 0 Å². The van der Waals surface area contributed by atoms with Gasteiger partial charge in [0.2, 0.25) is 0 Å². The van der Waals surface area contributed by atoms with E-state index in [0.29, 0.717) is 25.4 Å². The van der Waals surface area contributed by atoms with Crippen LogP contribution >= 0.6 is 62.3 Å². The number of hydrogen-bond donors (Lipinski definition) is 0. The van der Waals surface area contributed by atoms with E-state index in [1.807, 2.05) is 18.2 Å². The second kappa shape index (κ2) is 6.02. The average Bonchev–Trinajstić information content (AvgIpc) is 2.27. The van der Waals surface area contributed by atoms with E-state index in [1.165, 1.54) is 0 Å². The Kier molecular flexibility index (Phi) is 4.85. The van der Waals surface area contributed by atoms with Gasteiger partial charge < -0.3 is 0 Å². The molecule has 0 amide bonds. The second-order valence-electron chi connectivity index (χ2n) is 3.68. The van der Waals surface area contributed by atoms with Crippen LogP contribution in [0.4, 0.5) is 0 Å². The molecule has 18 heavy (non-hydrogen) atoms. The lowest BCUT2D eigenvalue weighted by molar-refractivity contribution is 1.43. The molecular formula is C13H7BrCl4. The molecule has 0 aliphatic rings. The quantitative estimate of drug-likeness (QED) is 0.496. The molecule has 0 radical (unpaired) electrons. The number of alkyl halides is 1. The molecule has 0 aliphatic heterocycles. The molecule has 0 saturated heterocycles. The van der Waals surface area contributed by atoms with Crippen molar-refractivity contribution in [3.05, 3.63) is 56.0 Å². The van der Waals surface area contributed by atoms with E-state index < -0.39 is 0 Å². The van der Waals surface area contributed by atoms with Crippen LogP contribution in [0.2, 0.25) is 20.1 Å². The van der Waals surface area contributed by atoms with Crippen molar-refractivity contribution < 1.29 is 0 Å². The zero-order valence-corrected chi connectivity index (χ0v) is 13.6. The monoisotopic (exact) mass is 382 g/mol. The second-order valence-corrected chi connectivity index (χ2v) is 5.90. The lowest BCUT2D eigenvalue weighted by Crippen LogP contribution is -1.85. The highest BCUT2D eigenvalue weighted by atomic mass is 79.9. The van der Waals surface area contributed by atoms with E-state index in [-0.39, 0.29) is 0 Å². The standard InChI is InChI=1S/C13H7BrCl4/c14-6-8-2-1-7(3-10(8)16)13-11(17)4-9(15)5-12(13)18/h1-5H,6H2. The first-order valence-corrected chi connectivity index (χ1v) is 7.65. The first-order chi connectivity index (χ1) is 8.52. The van der Waals surface area contributed by atoms with Crippen LogP contribution in [0.15, 0.2) is 30.3 Å². The number of halogens is 5. The fourth-order valence-corrected chi connectivity index (χ4v) is 3.56. The number of benzene rings is 2. The van der Waals surface area contributed by atoms with Crippen molar-refractivity contribution in [3.8, 4) is 11.1 Å². The highest BCUT2D eigenvalue weighted by molar-refractivity contribution is 9.08. The molecule has 2 aromatic carbocycles. The molecule has 94 valence electrons. The Bertz CT molecular complexity index is 573. The molecule has 0 fully saturated rings. The molecule has 0 N–H and O–H groups in total. The minimum absolute atomic E-state index is 0.509. The maximum Gasteiger partial charge on any atom is 0.0514 e. The molecule has 2 aromatic rings. The van der Waals surface area contributed by atoms with Gasteiger partial charge >= 0.3 is 0 Å². The first-order valence-electron chi connectivity index (χ1n) is 5.02. The third-order valence-corrected chi connectivity index (χ3v) is 4.26. The van der Waals surface area contributed by atoms with Crippen molar-refractivity contribution in [3.63, 3.8) is 0 Å². The first kappa shape index (κ1) is 14.5. The lowest BCUT2D eigenvalue weighted by Gasteiger charge is -2.10. The Morgan fingerprint density at radius 2 is 1.44 bits per heavy atom. The third-order valence-electron chi connectivity index (χ3n) is 2.49. The number of rotatable bonds is 2. The van der Waals surface area contributed by atoms with Crippen LogP contribution in [0.25, 0.3) is 11.1 Å². The SMILES string of the molecule is Clc1cc(Cl)c(-c2ccc(CBr)c(Cl)c2)c(Cl)c1. The summed E-state index contributed by atoms with van der Waals surface area (Å²) in [6, 6.07) is 9.05. The van der Waals surface area contributed by atoms with Crippen molar-refractivity contribution in [2.24, 2.45) is 0 Å². The van der Waals surface area contributed by atoms with Gasteiger partial charge in [-0.3, -0.25) is 0 Å². The van der Waals surface area contributed by atoms with Crippen molar-refractivity contribution >= 4 is 62.3 Å². The van der Waals surface area contributed by atoms with Crippen LogP contribution in [-0.4, -0.2) is 0 Å². The van der Waals surface area contributed by atoms with Gasteiger partial charge in [-0.1, -0.05) is 74.5 Å². The summed E-state index contributed by atoms with van der Waals surface area (Å²) >= 11 is 27.8. The molecule has 2 rings (SSSR count). The van der Waals surface area contributed by atoms with Crippen molar-refractivity contribution in [1.29, 1.82) is 0 Å². The summed E-state index contributed by atoms with van der Waals surface area (Å²) in [6.45, 7) is 0. The van der Waals surface area contributed by atoms with Gasteiger partial charge in [0.15, 0.2) is 0 Å². The molecule has 0 atom stereocenters. The summed E-state index contributed by atoms with van der Waals surface area (Å²) in [5, 5.41) is 2.91. The van der Waals surface area contributed by atoms with Gasteiger partial charge in [-0.25, -0.2) is 0 Å². The van der Waals surface area contributed by atoms with E-state index >= 15 is 0 Å². The molecule has 0 nitrogen and oxygen atoms in total. The Hall–Kier alpha value is 0.0800. The van der Waals surface area contributed by atoms with E-state index in [1.54, 1.807) is 12.1 Å². The fraction of sp³-hybridized carbons (Fsp3) is 0.0769. The molecule has 0 heterocycles. The summed E-state index contributed by atoms with van der Waals surface area (Å²) in [5.41, 5.74) is 2.63. The van der Waals surface area contributed by atoms with Gasteiger partial charge in [0.05, 0.1) is 10.0 Å². The highest BCUT2D eigenvalue weighted by Gasteiger charge is 2.11. The zero-order valence-electron chi connectivity index (χ0n) is 8.98. The molecule has 0 aliphatic carbocycles. The third kappa shape index (κ3) is 2.97. The fourth-order valence-electron chi connectivity index (χ4n) is 1.63. The largest absolute Gasteiger partial charge is 0.0876 e. The lowest BCUT2D eigenvalue weighted by atomic mass is 10.0. The van der Waals surface area contributed by atoms with Crippen LogP contribution in [0, 0.1) is 0 Å². The molecule has 5 heteroatoms. The van der Waals surface area contributed by atoms with Crippen molar-refractivity contribution in [2.45, 2.75) is 5.33 Å². The van der Waals surface area contributed by atoms with Crippen molar-refractivity contribution in [2.75, 3.05) is 0 Å². The predicted octanol–water partition coefficient (Wildman–Crippen LogP) is 6.86. The molecule has 0 bridgehead atoms. The maximum absolute atomic E-state index is 6.17. The molecular weight excluding hydrogens is 378 g/mol. The summed E-state index contributed by atoms with van der Waals surface area (Å²) in [6.07, 6.45) is 0. The number of hydrogen-bond acceptors (Lipinski definition) is 0. The van der Waals surface area contributed by atoms with Gasteiger partial charge in [0, 0.05) is 20.9 Å². The summed E-state index contributed by atoms with van der Waals surface area (Å²) < 4.78 is 0. The predicted molar refractivity (Wildman–Crippen MR) is 84.5 cm³/mol. The average molecular weight is 385 g/mol. The Labute approximate surface area is 134 Å². The van der Waals surface area contributed by atoms with Gasteiger partial charge in [-0.05, 0) is 29.3 Å². The van der Waals surface area contributed by atoms with Gasteiger partial charge in [-0.2, -0.15) is 0 Å².